The topological polar surface area (TPSA) is 120 Å². The minimum absolute atomic E-state index is 0.0346. The van der Waals surface area contributed by atoms with Crippen molar-refractivity contribution in [2.45, 2.75) is 24.6 Å². The van der Waals surface area contributed by atoms with Crippen molar-refractivity contribution in [1.82, 2.24) is 20.3 Å². The van der Waals surface area contributed by atoms with Crippen LogP contribution in [0.4, 0.5) is 8.78 Å². The monoisotopic (exact) mass is 471 g/mol. The molecule has 2 amide bonds. The third-order valence-electron chi connectivity index (χ3n) is 5.02. The van der Waals surface area contributed by atoms with E-state index in [1.165, 1.54) is 21.4 Å². The van der Waals surface area contributed by atoms with Crippen molar-refractivity contribution in [1.29, 1.82) is 0 Å². The van der Waals surface area contributed by atoms with Crippen molar-refractivity contribution in [2.75, 3.05) is 6.54 Å². The van der Waals surface area contributed by atoms with Crippen LogP contribution in [0, 0.1) is 0 Å². The predicted molar refractivity (Wildman–Crippen MR) is 119 cm³/mol. The molecule has 2 aromatic heterocycles. The van der Waals surface area contributed by atoms with E-state index in [0.717, 1.165) is 11.8 Å². The highest BCUT2D eigenvalue weighted by atomic mass is 31.0. The number of aromatic nitrogens is 3. The van der Waals surface area contributed by atoms with Crippen LogP contribution in [0.1, 0.15) is 33.7 Å². The first-order valence-corrected chi connectivity index (χ1v) is 10.6. The molecule has 1 aromatic carbocycles. The average Bonchev–Trinajstić information content (AvgIpc) is 3.18. The molecule has 1 fully saturated rings. The van der Waals surface area contributed by atoms with E-state index in [-0.39, 0.29) is 28.9 Å². The number of benzene rings is 1. The SMILES string of the molecule is NC(=O)c1cc(O[C@H]2CCNC2=O)nc(-c2ccc(Cc3ccc(C(F)(F)P)cn3)cc2)n1. The molecule has 8 nitrogen and oxygen atoms in total. The lowest BCUT2D eigenvalue weighted by Crippen LogP contribution is -2.28. The number of hydrogen-bond acceptors (Lipinski definition) is 6. The number of nitrogens with zero attached hydrogens (tertiary/aromatic N) is 3. The molecule has 1 unspecified atom stereocenters. The maximum atomic E-state index is 13.3. The molecule has 1 aliphatic heterocycles. The van der Waals surface area contributed by atoms with Crippen molar-refractivity contribution in [3.8, 4) is 17.3 Å². The van der Waals surface area contributed by atoms with E-state index in [9.17, 15) is 18.4 Å². The summed E-state index contributed by atoms with van der Waals surface area (Å²) in [7, 11) is 1.49. The lowest BCUT2D eigenvalue weighted by atomic mass is 10.1. The molecule has 3 heterocycles. The molecule has 0 bridgehead atoms. The Hall–Kier alpha value is -3.52. The quantitative estimate of drug-likeness (QED) is 0.511. The number of rotatable bonds is 7. The fraction of sp³-hybridized carbons (Fsp3) is 0.227. The van der Waals surface area contributed by atoms with Gasteiger partial charge in [0.05, 0.1) is 0 Å². The minimum atomic E-state index is -3.02. The second-order valence-corrected chi connectivity index (χ2v) is 8.23. The minimum Gasteiger partial charge on any atom is -0.464 e. The number of hydrogen-bond donors (Lipinski definition) is 2. The smallest absolute Gasteiger partial charge is 0.285 e. The number of nitrogens with two attached hydrogens (primary N) is 1. The first-order valence-electron chi connectivity index (χ1n) is 10.0. The van der Waals surface area contributed by atoms with Crippen LogP contribution in [0.3, 0.4) is 0 Å². The lowest BCUT2D eigenvalue weighted by Gasteiger charge is -2.12. The molecule has 2 atom stereocenters. The normalized spacial score (nSPS) is 15.8. The molecular formula is C22H20F2N5O3P. The molecule has 0 aliphatic carbocycles. The summed E-state index contributed by atoms with van der Waals surface area (Å²) < 4.78 is 32.3. The van der Waals surface area contributed by atoms with Crippen LogP contribution >= 0.6 is 9.24 Å². The molecule has 11 heteroatoms. The maximum absolute atomic E-state index is 13.3. The van der Waals surface area contributed by atoms with Crippen molar-refractivity contribution in [2.24, 2.45) is 5.73 Å². The second-order valence-electron chi connectivity index (χ2n) is 7.50. The predicted octanol–water partition coefficient (Wildman–Crippen LogP) is 2.42. The Bertz CT molecular complexity index is 1180. The van der Waals surface area contributed by atoms with Crippen LogP contribution in [0.2, 0.25) is 0 Å². The van der Waals surface area contributed by atoms with Crippen LogP contribution in [0.25, 0.3) is 11.4 Å². The van der Waals surface area contributed by atoms with Gasteiger partial charge in [-0.15, -0.1) is 0 Å². The lowest BCUT2D eigenvalue weighted by molar-refractivity contribution is -0.125. The van der Waals surface area contributed by atoms with E-state index in [2.05, 4.69) is 20.3 Å². The summed E-state index contributed by atoms with van der Waals surface area (Å²) in [6.45, 7) is 0.503. The van der Waals surface area contributed by atoms with Crippen LogP contribution in [0.5, 0.6) is 5.88 Å². The standard InChI is InChI=1S/C22H20F2N5O3P/c23-22(24,33)14-5-6-15(27-11-14)9-12-1-3-13(4-2-12)20-28-16(19(25)30)10-18(29-20)32-17-7-8-26-21(17)31/h1-6,10-11,17H,7-9,33H2,(H2,25,30)(H,26,31)/t17-/m0/s1. The van der Waals surface area contributed by atoms with Crippen molar-refractivity contribution >= 4 is 21.1 Å². The van der Waals surface area contributed by atoms with Crippen molar-refractivity contribution in [3.63, 3.8) is 0 Å². The van der Waals surface area contributed by atoms with E-state index in [0.29, 0.717) is 30.6 Å². The molecule has 0 spiro atoms. The van der Waals surface area contributed by atoms with Gasteiger partial charge in [-0.25, -0.2) is 4.98 Å². The Kier molecular flexibility index (Phi) is 6.29. The summed E-state index contributed by atoms with van der Waals surface area (Å²) in [4.78, 5) is 36.1. The number of primary amides is 1. The Morgan fingerprint density at radius 1 is 1.21 bits per heavy atom. The zero-order valence-corrected chi connectivity index (χ0v) is 18.4. The van der Waals surface area contributed by atoms with Gasteiger partial charge in [-0.3, -0.25) is 14.6 Å². The number of nitrogens with one attached hydrogen (secondary N) is 1. The van der Waals surface area contributed by atoms with Crippen molar-refractivity contribution < 1.29 is 23.1 Å². The average molecular weight is 471 g/mol. The van der Waals surface area contributed by atoms with E-state index < -0.39 is 17.7 Å². The fourth-order valence-electron chi connectivity index (χ4n) is 3.28. The van der Waals surface area contributed by atoms with Gasteiger partial charge >= 0.3 is 0 Å². The van der Waals surface area contributed by atoms with Gasteiger partial charge in [0.2, 0.25) is 5.88 Å². The van der Waals surface area contributed by atoms with Gasteiger partial charge in [-0.1, -0.05) is 33.5 Å². The molecule has 4 rings (SSSR count). The van der Waals surface area contributed by atoms with Gasteiger partial charge in [0.25, 0.3) is 17.5 Å². The van der Waals surface area contributed by atoms with Gasteiger partial charge in [0, 0.05) is 48.5 Å². The van der Waals surface area contributed by atoms with Crippen LogP contribution in [-0.4, -0.2) is 39.4 Å². The van der Waals surface area contributed by atoms with Gasteiger partial charge in [-0.05, 0) is 17.7 Å². The first-order chi connectivity index (χ1) is 15.7. The highest BCUT2D eigenvalue weighted by Crippen LogP contribution is 2.34. The zero-order valence-electron chi connectivity index (χ0n) is 17.3. The molecule has 1 aliphatic rings. The molecular weight excluding hydrogens is 451 g/mol. The van der Waals surface area contributed by atoms with Crippen LogP contribution < -0.4 is 15.8 Å². The summed E-state index contributed by atoms with van der Waals surface area (Å²) in [6.07, 6.45) is 1.39. The molecule has 0 radical (unpaired) electrons. The number of pyridine rings is 1. The third-order valence-corrected chi connectivity index (χ3v) is 5.36. The Morgan fingerprint density at radius 2 is 1.97 bits per heavy atom. The Labute approximate surface area is 190 Å². The Morgan fingerprint density at radius 3 is 2.55 bits per heavy atom. The number of amides is 2. The van der Waals surface area contributed by atoms with E-state index >= 15 is 0 Å². The maximum Gasteiger partial charge on any atom is 0.285 e. The Balaban J connectivity index is 1.54. The molecule has 3 N–H and O–H groups in total. The number of ether oxygens (including phenoxy) is 1. The van der Waals surface area contributed by atoms with Crippen LogP contribution in [-0.2, 0) is 16.9 Å². The number of carbonyl (C=O) groups excluding carboxylic acids is 2. The van der Waals surface area contributed by atoms with E-state index in [1.807, 2.05) is 12.1 Å². The summed E-state index contributed by atoms with van der Waals surface area (Å²) in [6, 6.07) is 11.4. The zero-order chi connectivity index (χ0) is 23.6. The molecule has 1 saturated heterocycles. The molecule has 3 aromatic rings. The van der Waals surface area contributed by atoms with E-state index in [1.54, 1.807) is 18.2 Å². The number of carbonyl (C=O) groups is 2. The van der Waals surface area contributed by atoms with Gasteiger partial charge in [0.1, 0.15) is 5.69 Å². The number of alkyl halides is 2. The second kappa shape index (κ2) is 9.15. The summed E-state index contributed by atoms with van der Waals surface area (Å²) >= 11 is 0. The summed E-state index contributed by atoms with van der Waals surface area (Å²) in [5, 5.41) is 2.67. The molecule has 0 saturated carbocycles. The molecule has 33 heavy (non-hydrogen) atoms. The van der Waals surface area contributed by atoms with Crippen LogP contribution in [0.15, 0.2) is 48.7 Å². The summed E-state index contributed by atoms with van der Waals surface area (Å²) in [5.41, 5.74) is 4.30. The van der Waals surface area contributed by atoms with E-state index in [4.69, 9.17) is 10.5 Å². The van der Waals surface area contributed by atoms with Gasteiger partial charge in [-0.2, -0.15) is 13.8 Å². The highest BCUT2D eigenvalue weighted by Gasteiger charge is 2.27. The number of halogens is 2. The largest absolute Gasteiger partial charge is 0.464 e. The van der Waals surface area contributed by atoms with Gasteiger partial charge < -0.3 is 15.8 Å². The summed E-state index contributed by atoms with van der Waals surface area (Å²) in [5.74, 6) is -0.698. The fourth-order valence-corrected chi connectivity index (χ4v) is 3.45. The molecule has 170 valence electrons. The highest BCUT2D eigenvalue weighted by molar-refractivity contribution is 7.17. The van der Waals surface area contributed by atoms with Gasteiger partial charge in [0.15, 0.2) is 11.9 Å². The van der Waals surface area contributed by atoms with Crippen molar-refractivity contribution in [3.05, 3.63) is 71.2 Å². The first kappa shape index (κ1) is 22.7. The third kappa shape index (κ3) is 5.46.